The number of hydrogen-bond donors (Lipinski definition) is 2. The molecule has 0 saturated heterocycles. The highest BCUT2D eigenvalue weighted by Crippen LogP contribution is 2.39. The van der Waals surface area contributed by atoms with E-state index >= 15 is 0 Å². The van der Waals surface area contributed by atoms with Gasteiger partial charge in [-0.2, -0.15) is 0 Å². The van der Waals surface area contributed by atoms with E-state index in [-0.39, 0.29) is 11.5 Å². The molecule has 0 spiro atoms. The van der Waals surface area contributed by atoms with Crippen LogP contribution in [0.3, 0.4) is 0 Å². The van der Waals surface area contributed by atoms with Crippen LogP contribution in [0.4, 0.5) is 10.1 Å². The molecular weight excluding hydrogens is 461 g/mol. The van der Waals surface area contributed by atoms with Crippen LogP contribution in [0.15, 0.2) is 84.3 Å². The van der Waals surface area contributed by atoms with E-state index in [0.29, 0.717) is 34.9 Å². The van der Waals surface area contributed by atoms with Gasteiger partial charge in [0.1, 0.15) is 0 Å². The SMILES string of the molecule is C=C(/C=C\Nc1cc(OC)c(F)cc1/C=C\c1cc(OC)c(OC)c(OC)c1)C1=CC=C(O)CC=C1. The van der Waals surface area contributed by atoms with Gasteiger partial charge in [0.05, 0.1) is 34.2 Å². The Labute approximate surface area is 211 Å². The van der Waals surface area contributed by atoms with Crippen molar-refractivity contribution in [3.05, 3.63) is 101 Å². The monoisotopic (exact) mass is 491 g/mol. The van der Waals surface area contributed by atoms with Crippen LogP contribution in [0.2, 0.25) is 0 Å². The smallest absolute Gasteiger partial charge is 0.203 e. The van der Waals surface area contributed by atoms with E-state index in [1.54, 1.807) is 70.0 Å². The number of aliphatic hydroxyl groups excluding tert-OH is 1. The zero-order valence-corrected chi connectivity index (χ0v) is 20.8. The molecule has 0 unspecified atom stereocenters. The molecule has 0 saturated carbocycles. The lowest BCUT2D eigenvalue weighted by Crippen LogP contribution is -1.97. The summed E-state index contributed by atoms with van der Waals surface area (Å²) in [5.74, 6) is 1.44. The van der Waals surface area contributed by atoms with Crippen molar-refractivity contribution in [2.75, 3.05) is 33.8 Å². The largest absolute Gasteiger partial charge is 0.512 e. The van der Waals surface area contributed by atoms with E-state index in [1.165, 1.54) is 13.2 Å². The molecule has 2 N–H and O–H groups in total. The fourth-order valence-corrected chi connectivity index (χ4v) is 3.53. The van der Waals surface area contributed by atoms with Crippen LogP contribution in [0, 0.1) is 5.82 Å². The molecule has 0 heterocycles. The Kier molecular flexibility index (Phi) is 9.00. The first kappa shape index (κ1) is 26.2. The molecule has 36 heavy (non-hydrogen) atoms. The summed E-state index contributed by atoms with van der Waals surface area (Å²) in [4.78, 5) is 0. The fourth-order valence-electron chi connectivity index (χ4n) is 3.53. The van der Waals surface area contributed by atoms with E-state index in [9.17, 15) is 9.50 Å². The maximum Gasteiger partial charge on any atom is 0.203 e. The van der Waals surface area contributed by atoms with E-state index in [2.05, 4.69) is 11.9 Å². The molecule has 0 fully saturated rings. The lowest BCUT2D eigenvalue weighted by molar-refractivity contribution is 0.324. The van der Waals surface area contributed by atoms with Crippen molar-refractivity contribution in [3.8, 4) is 23.0 Å². The Bertz CT molecular complexity index is 1250. The fraction of sp³-hybridized carbons (Fsp3) is 0.172. The summed E-state index contributed by atoms with van der Waals surface area (Å²) in [7, 11) is 6.05. The molecule has 188 valence electrons. The predicted octanol–water partition coefficient (Wildman–Crippen LogP) is 6.84. The third-order valence-electron chi connectivity index (χ3n) is 5.44. The maximum absolute atomic E-state index is 14.5. The maximum atomic E-state index is 14.5. The minimum atomic E-state index is -0.485. The molecule has 6 nitrogen and oxygen atoms in total. The molecule has 1 aliphatic carbocycles. The van der Waals surface area contributed by atoms with E-state index in [1.807, 2.05) is 18.2 Å². The van der Waals surface area contributed by atoms with Gasteiger partial charge >= 0.3 is 0 Å². The first-order chi connectivity index (χ1) is 17.4. The van der Waals surface area contributed by atoms with Gasteiger partial charge in [-0.25, -0.2) is 4.39 Å². The lowest BCUT2D eigenvalue weighted by atomic mass is 10.1. The van der Waals surface area contributed by atoms with Gasteiger partial charge in [-0.05, 0) is 47.1 Å². The number of benzene rings is 2. The quantitative estimate of drug-likeness (QED) is 0.280. The number of allylic oxidation sites excluding steroid dienone is 7. The minimum Gasteiger partial charge on any atom is -0.512 e. The molecule has 2 aromatic rings. The Morgan fingerprint density at radius 1 is 0.944 bits per heavy atom. The van der Waals surface area contributed by atoms with Gasteiger partial charge < -0.3 is 29.4 Å². The Balaban J connectivity index is 1.89. The second-order valence-electron chi connectivity index (χ2n) is 7.76. The highest BCUT2D eigenvalue weighted by atomic mass is 19.1. The highest BCUT2D eigenvalue weighted by Gasteiger charge is 2.13. The summed E-state index contributed by atoms with van der Waals surface area (Å²) in [6.45, 7) is 4.08. The van der Waals surface area contributed by atoms with Gasteiger partial charge in [0.2, 0.25) is 5.75 Å². The number of aliphatic hydroxyl groups is 1. The van der Waals surface area contributed by atoms with Crippen LogP contribution in [0.25, 0.3) is 12.2 Å². The van der Waals surface area contributed by atoms with Crippen molar-refractivity contribution >= 4 is 17.8 Å². The van der Waals surface area contributed by atoms with E-state index in [4.69, 9.17) is 18.9 Å². The molecule has 7 heteroatoms. The van der Waals surface area contributed by atoms with Gasteiger partial charge in [-0.15, -0.1) is 0 Å². The molecular formula is C29H30FNO5. The summed E-state index contributed by atoms with van der Waals surface area (Å²) in [5.41, 5.74) is 3.62. The van der Waals surface area contributed by atoms with Crippen molar-refractivity contribution < 1.29 is 28.4 Å². The topological polar surface area (TPSA) is 69.2 Å². The zero-order chi connectivity index (χ0) is 26.1. The Hall–Kier alpha value is -4.39. The van der Waals surface area contributed by atoms with Gasteiger partial charge in [0, 0.05) is 29.9 Å². The third kappa shape index (κ3) is 6.39. The summed E-state index contributed by atoms with van der Waals surface area (Å²) < 4.78 is 35.9. The molecule has 0 amide bonds. The van der Waals surface area contributed by atoms with Gasteiger partial charge in [-0.1, -0.05) is 37.0 Å². The number of methoxy groups -OCH3 is 4. The number of rotatable bonds is 10. The first-order valence-electron chi connectivity index (χ1n) is 11.1. The average Bonchev–Trinajstić information content (AvgIpc) is 3.11. The summed E-state index contributed by atoms with van der Waals surface area (Å²) in [6.07, 6.45) is 14.8. The third-order valence-corrected chi connectivity index (χ3v) is 5.44. The molecule has 0 radical (unpaired) electrons. The average molecular weight is 492 g/mol. The number of anilines is 1. The van der Waals surface area contributed by atoms with Gasteiger partial charge in [0.25, 0.3) is 0 Å². The predicted molar refractivity (Wildman–Crippen MR) is 142 cm³/mol. The number of nitrogens with one attached hydrogen (secondary N) is 1. The van der Waals surface area contributed by atoms with Crippen LogP contribution in [0.5, 0.6) is 23.0 Å². The van der Waals surface area contributed by atoms with Crippen molar-refractivity contribution in [1.82, 2.24) is 0 Å². The second-order valence-corrected chi connectivity index (χ2v) is 7.76. The molecule has 0 atom stereocenters. The summed E-state index contributed by atoms with van der Waals surface area (Å²) in [5, 5.41) is 12.9. The van der Waals surface area contributed by atoms with Crippen LogP contribution in [-0.2, 0) is 0 Å². The lowest BCUT2D eigenvalue weighted by Gasteiger charge is -2.13. The van der Waals surface area contributed by atoms with Gasteiger partial charge in [0.15, 0.2) is 23.1 Å². The minimum absolute atomic E-state index is 0.115. The zero-order valence-electron chi connectivity index (χ0n) is 20.8. The number of hydrogen-bond acceptors (Lipinski definition) is 6. The number of halogens is 1. The van der Waals surface area contributed by atoms with Gasteiger partial charge in [-0.3, -0.25) is 0 Å². The molecule has 0 bridgehead atoms. The molecule has 1 aliphatic rings. The molecule has 3 rings (SSSR count). The van der Waals surface area contributed by atoms with Crippen molar-refractivity contribution in [2.45, 2.75) is 6.42 Å². The molecule has 2 aromatic carbocycles. The summed E-state index contributed by atoms with van der Waals surface area (Å²) >= 11 is 0. The van der Waals surface area contributed by atoms with E-state index < -0.39 is 5.82 Å². The molecule has 0 aromatic heterocycles. The summed E-state index contributed by atoms with van der Waals surface area (Å²) in [6, 6.07) is 6.58. The molecule has 0 aliphatic heterocycles. The van der Waals surface area contributed by atoms with Crippen molar-refractivity contribution in [3.63, 3.8) is 0 Å². The van der Waals surface area contributed by atoms with Crippen LogP contribution in [-0.4, -0.2) is 33.5 Å². The van der Waals surface area contributed by atoms with Crippen LogP contribution >= 0.6 is 0 Å². The Morgan fingerprint density at radius 2 is 1.64 bits per heavy atom. The van der Waals surface area contributed by atoms with Crippen molar-refractivity contribution in [1.29, 1.82) is 0 Å². The van der Waals surface area contributed by atoms with Crippen LogP contribution < -0.4 is 24.3 Å². The first-order valence-corrected chi connectivity index (χ1v) is 11.1. The normalized spacial score (nSPS) is 13.2. The Morgan fingerprint density at radius 3 is 2.28 bits per heavy atom. The van der Waals surface area contributed by atoms with Crippen molar-refractivity contribution in [2.24, 2.45) is 0 Å². The standard InChI is InChI=1S/C29H30FNO5/c1-19(21-7-6-8-23(32)12-11-21)13-14-31-25-18-26(33-2)24(30)17-22(25)10-9-20-15-27(34-3)29(36-5)28(16-20)35-4/h6-7,9-18,31-32H,1,8H2,2-5H3/b10-9-,14-13-. The second kappa shape index (κ2) is 12.4. The number of ether oxygens (including phenoxy) is 4. The highest BCUT2D eigenvalue weighted by molar-refractivity contribution is 5.79. The van der Waals surface area contributed by atoms with E-state index in [0.717, 1.165) is 16.7 Å². The van der Waals surface area contributed by atoms with Crippen LogP contribution in [0.1, 0.15) is 17.5 Å².